The summed E-state index contributed by atoms with van der Waals surface area (Å²) >= 11 is 2.03. The zero-order chi connectivity index (χ0) is 14.8. The van der Waals surface area contributed by atoms with E-state index in [0.717, 1.165) is 12.8 Å². The topological polar surface area (TPSA) is 32.5 Å². The normalized spacial score (nSPS) is 25.8. The number of aryl methyl sites for hydroxylation is 1. The molecule has 2 N–H and O–H groups in total. The summed E-state index contributed by atoms with van der Waals surface area (Å²) in [7, 11) is 2.23. The third-order valence-electron chi connectivity index (χ3n) is 5.10. The van der Waals surface area contributed by atoms with Crippen LogP contribution in [0.4, 0.5) is 0 Å². The number of nitrogens with zero attached hydrogens (tertiary/aromatic N) is 2. The highest BCUT2D eigenvalue weighted by Gasteiger charge is 2.29. The van der Waals surface area contributed by atoms with E-state index in [2.05, 4.69) is 29.8 Å². The van der Waals surface area contributed by atoms with Gasteiger partial charge >= 0.3 is 0 Å². The number of rotatable bonds is 4. The fourth-order valence-corrected chi connectivity index (χ4v) is 4.96. The Morgan fingerprint density at radius 3 is 2.81 bits per heavy atom. The first-order valence-electron chi connectivity index (χ1n) is 8.47. The highest BCUT2D eigenvalue weighted by molar-refractivity contribution is 7.12. The zero-order valence-corrected chi connectivity index (χ0v) is 14.3. The Kier molecular flexibility index (Phi) is 4.99. The van der Waals surface area contributed by atoms with Gasteiger partial charge in [-0.05, 0) is 50.8 Å². The number of piperazine rings is 1. The maximum Gasteiger partial charge on any atom is 0.0360 e. The van der Waals surface area contributed by atoms with Crippen LogP contribution in [-0.4, -0.2) is 49.1 Å². The summed E-state index contributed by atoms with van der Waals surface area (Å²) in [6.45, 7) is 7.05. The van der Waals surface area contributed by atoms with E-state index in [-0.39, 0.29) is 0 Å². The predicted molar refractivity (Wildman–Crippen MR) is 91.0 cm³/mol. The molecule has 3 nitrogen and oxygen atoms in total. The standard InChI is InChI=1S/C17H29N3S/c1-3-13(18)11-14-12-15-16(5-4-6-17(15)21-14)20-9-7-19(2)8-10-20/h12-13,16H,3-11,18H2,1-2H3. The summed E-state index contributed by atoms with van der Waals surface area (Å²) in [4.78, 5) is 8.31. The fraction of sp³-hybridized carbons (Fsp3) is 0.765. The van der Waals surface area contributed by atoms with Gasteiger partial charge in [-0.25, -0.2) is 0 Å². The molecule has 21 heavy (non-hydrogen) atoms. The van der Waals surface area contributed by atoms with Crippen molar-refractivity contribution in [3.63, 3.8) is 0 Å². The largest absolute Gasteiger partial charge is 0.327 e. The van der Waals surface area contributed by atoms with Crippen molar-refractivity contribution < 1.29 is 0 Å². The quantitative estimate of drug-likeness (QED) is 0.928. The van der Waals surface area contributed by atoms with Crippen LogP contribution in [0.2, 0.25) is 0 Å². The third-order valence-corrected chi connectivity index (χ3v) is 6.33. The Bertz CT molecular complexity index is 463. The van der Waals surface area contributed by atoms with Crippen LogP contribution in [-0.2, 0) is 12.8 Å². The van der Waals surface area contributed by atoms with Gasteiger partial charge in [-0.1, -0.05) is 6.92 Å². The average molecular weight is 308 g/mol. The second-order valence-corrected chi connectivity index (χ2v) is 7.93. The number of thiophene rings is 1. The minimum atomic E-state index is 0.326. The van der Waals surface area contributed by atoms with Gasteiger partial charge < -0.3 is 10.6 Å². The van der Waals surface area contributed by atoms with Crippen LogP contribution < -0.4 is 5.73 Å². The van der Waals surface area contributed by atoms with Crippen LogP contribution in [0.15, 0.2) is 6.07 Å². The predicted octanol–water partition coefficient (Wildman–Crippen LogP) is 2.65. The third kappa shape index (κ3) is 3.50. The van der Waals surface area contributed by atoms with Crippen molar-refractivity contribution in [2.45, 2.75) is 51.1 Å². The van der Waals surface area contributed by atoms with Crippen molar-refractivity contribution in [3.8, 4) is 0 Å². The van der Waals surface area contributed by atoms with Gasteiger partial charge in [0.15, 0.2) is 0 Å². The van der Waals surface area contributed by atoms with Crippen molar-refractivity contribution in [1.82, 2.24) is 9.80 Å². The van der Waals surface area contributed by atoms with Gasteiger partial charge in [0.25, 0.3) is 0 Å². The van der Waals surface area contributed by atoms with E-state index in [1.54, 1.807) is 10.4 Å². The van der Waals surface area contributed by atoms with Crippen LogP contribution >= 0.6 is 11.3 Å². The van der Waals surface area contributed by atoms with Crippen molar-refractivity contribution in [3.05, 3.63) is 21.4 Å². The molecule has 0 saturated carbocycles. The molecule has 0 spiro atoms. The van der Waals surface area contributed by atoms with E-state index in [1.165, 1.54) is 50.3 Å². The number of nitrogens with two attached hydrogens (primary N) is 1. The average Bonchev–Trinajstić information content (AvgIpc) is 2.90. The van der Waals surface area contributed by atoms with Gasteiger partial charge in [-0.2, -0.15) is 0 Å². The Balaban J connectivity index is 1.74. The fourth-order valence-electron chi connectivity index (χ4n) is 3.61. The van der Waals surface area contributed by atoms with Crippen molar-refractivity contribution in [1.29, 1.82) is 0 Å². The Labute approximate surface area is 133 Å². The summed E-state index contributed by atoms with van der Waals surface area (Å²) in [5, 5.41) is 0. The van der Waals surface area contributed by atoms with E-state index in [0.29, 0.717) is 12.1 Å². The first-order valence-corrected chi connectivity index (χ1v) is 9.28. The lowest BCUT2D eigenvalue weighted by molar-refractivity contribution is 0.103. The molecule has 0 amide bonds. The van der Waals surface area contributed by atoms with E-state index < -0.39 is 0 Å². The molecule has 1 aliphatic heterocycles. The Morgan fingerprint density at radius 1 is 1.33 bits per heavy atom. The van der Waals surface area contributed by atoms with Crippen LogP contribution in [0.25, 0.3) is 0 Å². The van der Waals surface area contributed by atoms with Gasteiger partial charge in [0.2, 0.25) is 0 Å². The van der Waals surface area contributed by atoms with Gasteiger partial charge in [-0.3, -0.25) is 4.90 Å². The van der Waals surface area contributed by atoms with E-state index in [1.807, 2.05) is 11.3 Å². The molecule has 2 unspecified atom stereocenters. The molecular formula is C17H29N3S. The monoisotopic (exact) mass is 307 g/mol. The van der Waals surface area contributed by atoms with Gasteiger partial charge in [0.1, 0.15) is 0 Å². The molecule has 1 aromatic heterocycles. The van der Waals surface area contributed by atoms with Crippen LogP contribution in [0, 0.1) is 0 Å². The van der Waals surface area contributed by atoms with E-state index in [9.17, 15) is 0 Å². The van der Waals surface area contributed by atoms with Gasteiger partial charge in [0.05, 0.1) is 0 Å². The molecule has 0 aromatic carbocycles. The minimum absolute atomic E-state index is 0.326. The molecule has 118 valence electrons. The van der Waals surface area contributed by atoms with Crippen LogP contribution in [0.1, 0.15) is 47.5 Å². The molecule has 1 aliphatic carbocycles. The van der Waals surface area contributed by atoms with Crippen LogP contribution in [0.5, 0.6) is 0 Å². The lowest BCUT2D eigenvalue weighted by Gasteiger charge is -2.39. The second kappa shape index (κ2) is 6.78. The smallest absolute Gasteiger partial charge is 0.0360 e. The van der Waals surface area contributed by atoms with Crippen molar-refractivity contribution in [2.75, 3.05) is 33.2 Å². The van der Waals surface area contributed by atoms with E-state index in [4.69, 9.17) is 5.73 Å². The molecule has 2 aliphatic rings. The Hall–Kier alpha value is -0.420. The number of likely N-dealkylation sites (N-methyl/N-ethyl adjacent to an activating group) is 1. The summed E-state index contributed by atoms with van der Waals surface area (Å²) in [6, 6.07) is 3.48. The lowest BCUT2D eigenvalue weighted by Crippen LogP contribution is -2.46. The molecule has 0 bridgehead atoms. The summed E-state index contributed by atoms with van der Waals surface area (Å²) in [6.07, 6.45) is 6.11. The highest BCUT2D eigenvalue weighted by Crippen LogP contribution is 2.39. The van der Waals surface area contributed by atoms with Crippen molar-refractivity contribution >= 4 is 11.3 Å². The number of hydrogen-bond donors (Lipinski definition) is 1. The molecule has 1 aromatic rings. The summed E-state index contributed by atoms with van der Waals surface area (Å²) < 4.78 is 0. The molecule has 1 saturated heterocycles. The molecule has 4 heteroatoms. The highest BCUT2D eigenvalue weighted by atomic mass is 32.1. The number of fused-ring (bicyclic) bond motifs is 1. The van der Waals surface area contributed by atoms with Gasteiger partial charge in [-0.15, -0.1) is 11.3 Å². The molecule has 1 fully saturated rings. The molecule has 0 radical (unpaired) electrons. The van der Waals surface area contributed by atoms with Crippen LogP contribution in [0.3, 0.4) is 0 Å². The summed E-state index contributed by atoms with van der Waals surface area (Å²) in [5.41, 5.74) is 7.78. The minimum Gasteiger partial charge on any atom is -0.327 e. The lowest BCUT2D eigenvalue weighted by atomic mass is 9.91. The van der Waals surface area contributed by atoms with Crippen molar-refractivity contribution in [2.24, 2.45) is 5.73 Å². The molecular weight excluding hydrogens is 278 g/mol. The van der Waals surface area contributed by atoms with Gasteiger partial charge in [0, 0.05) is 48.0 Å². The van der Waals surface area contributed by atoms with E-state index >= 15 is 0 Å². The first kappa shape index (κ1) is 15.5. The Morgan fingerprint density at radius 2 is 2.10 bits per heavy atom. The SMILES string of the molecule is CCC(N)Cc1cc2c(s1)CCCC2N1CCN(C)CC1. The second-order valence-electron chi connectivity index (χ2n) is 6.71. The summed E-state index contributed by atoms with van der Waals surface area (Å²) in [5.74, 6) is 0. The molecule has 3 rings (SSSR count). The zero-order valence-electron chi connectivity index (χ0n) is 13.5. The first-order chi connectivity index (χ1) is 10.2. The maximum absolute atomic E-state index is 6.15. The molecule has 2 atom stereocenters. The maximum atomic E-state index is 6.15. The molecule has 2 heterocycles. The number of hydrogen-bond acceptors (Lipinski definition) is 4.